The highest BCUT2D eigenvalue weighted by atomic mass is 31.2. The Morgan fingerprint density at radius 1 is 0.559 bits per heavy atom. The fourth-order valence-electron chi connectivity index (χ4n) is 7.13. The number of hydrogen-bond donors (Lipinski definition) is 3. The highest BCUT2D eigenvalue weighted by Gasteiger charge is 2.27. The van der Waals surface area contributed by atoms with Crippen molar-refractivity contribution in [2.24, 2.45) is 0 Å². The number of carbonyl (C=O) groups excluding carboxylic acids is 1. The highest BCUT2D eigenvalue weighted by Crippen LogP contribution is 2.43. The van der Waals surface area contributed by atoms with Gasteiger partial charge in [0, 0.05) is 6.42 Å². The number of quaternary nitrogens is 1. The molecule has 0 spiro atoms. The second kappa shape index (κ2) is 42.0. The second-order valence-corrected chi connectivity index (χ2v) is 19.6. The Balaban J connectivity index is 4.35. The fourth-order valence-corrected chi connectivity index (χ4v) is 7.87. The molecule has 348 valence electrons. The lowest BCUT2D eigenvalue weighted by atomic mass is 10.0. The number of phosphoric acid groups is 1. The summed E-state index contributed by atoms with van der Waals surface area (Å²) in [4.78, 5) is 23.2. The van der Waals surface area contributed by atoms with Gasteiger partial charge in [-0.1, -0.05) is 211 Å². The Bertz CT molecular complexity index is 1060. The lowest BCUT2D eigenvalue weighted by Crippen LogP contribution is -2.45. The molecule has 1 amide bonds. The standard InChI is InChI=1S/C50H97N2O6P/c1-6-8-10-12-14-16-18-20-22-24-25-26-27-28-30-32-34-36-38-40-42-44-50(54)51-48(47-58-59(55,56)57-46-45-52(3,4)5)49(53)43-41-39-37-35-33-31-29-23-21-19-17-15-13-11-9-7-2/h21,23,33,35,41,43,48-49,53H,6-20,22,24-32,34,36-40,42,44-47H2,1-5H3,(H-,51,54,55,56)/p+1/b23-21+,35-33+,43-41+. The van der Waals surface area contributed by atoms with Crippen LogP contribution in [0.4, 0.5) is 0 Å². The SMILES string of the molecule is CCCCCCCC/C=C/CC/C=C/CC/C=C/C(O)C(COP(=O)(O)OCC[N+](C)(C)C)NC(=O)CCCCCCCCCCCCCCCCCCCCCCC. The number of hydrogen-bond acceptors (Lipinski definition) is 5. The Hall–Kier alpha value is -1.28. The minimum absolute atomic E-state index is 0.0548. The van der Waals surface area contributed by atoms with Crippen LogP contribution in [0.15, 0.2) is 36.5 Å². The van der Waals surface area contributed by atoms with E-state index in [-0.39, 0.29) is 19.1 Å². The fraction of sp³-hybridized carbons (Fsp3) is 0.860. The molecule has 3 unspecified atom stereocenters. The Morgan fingerprint density at radius 3 is 1.36 bits per heavy atom. The smallest absolute Gasteiger partial charge is 0.387 e. The van der Waals surface area contributed by atoms with Crippen LogP contribution in [0.5, 0.6) is 0 Å². The van der Waals surface area contributed by atoms with Crippen molar-refractivity contribution in [2.45, 2.75) is 238 Å². The largest absolute Gasteiger partial charge is 0.472 e. The van der Waals surface area contributed by atoms with E-state index >= 15 is 0 Å². The summed E-state index contributed by atoms with van der Waals surface area (Å²) in [5.74, 6) is -0.188. The first-order valence-electron chi connectivity index (χ1n) is 24.9. The molecule has 0 aliphatic heterocycles. The first kappa shape index (κ1) is 57.7. The molecule has 0 aromatic rings. The minimum atomic E-state index is -4.35. The number of amides is 1. The van der Waals surface area contributed by atoms with Crippen molar-refractivity contribution in [3.05, 3.63) is 36.5 Å². The van der Waals surface area contributed by atoms with Crippen LogP contribution in [-0.4, -0.2) is 73.4 Å². The van der Waals surface area contributed by atoms with Gasteiger partial charge in [0.1, 0.15) is 13.2 Å². The average Bonchev–Trinajstić information content (AvgIpc) is 3.19. The summed E-state index contributed by atoms with van der Waals surface area (Å²) in [5, 5.41) is 13.8. The van der Waals surface area contributed by atoms with Gasteiger partial charge in [-0.15, -0.1) is 0 Å². The number of carbonyl (C=O) groups is 1. The zero-order chi connectivity index (χ0) is 43.6. The van der Waals surface area contributed by atoms with E-state index in [0.717, 1.165) is 44.9 Å². The highest BCUT2D eigenvalue weighted by molar-refractivity contribution is 7.47. The van der Waals surface area contributed by atoms with Gasteiger partial charge in [0.2, 0.25) is 5.91 Å². The van der Waals surface area contributed by atoms with E-state index in [0.29, 0.717) is 17.4 Å². The van der Waals surface area contributed by atoms with Crippen LogP contribution in [-0.2, 0) is 18.4 Å². The molecule has 3 atom stereocenters. The lowest BCUT2D eigenvalue weighted by molar-refractivity contribution is -0.870. The molecule has 0 bridgehead atoms. The van der Waals surface area contributed by atoms with Crippen molar-refractivity contribution in [2.75, 3.05) is 40.9 Å². The molecule has 0 aliphatic carbocycles. The molecule has 0 saturated carbocycles. The number of rotatable bonds is 45. The maximum absolute atomic E-state index is 12.9. The topological polar surface area (TPSA) is 105 Å². The van der Waals surface area contributed by atoms with E-state index in [1.54, 1.807) is 6.08 Å². The molecule has 59 heavy (non-hydrogen) atoms. The van der Waals surface area contributed by atoms with Crippen LogP contribution in [0.25, 0.3) is 0 Å². The van der Waals surface area contributed by atoms with Crippen molar-refractivity contribution < 1.29 is 32.9 Å². The zero-order valence-corrected chi connectivity index (χ0v) is 40.4. The second-order valence-electron chi connectivity index (χ2n) is 18.2. The molecule has 8 nitrogen and oxygen atoms in total. The molecule has 9 heteroatoms. The Morgan fingerprint density at radius 2 is 0.932 bits per heavy atom. The summed E-state index contributed by atoms with van der Waals surface area (Å²) in [7, 11) is 1.55. The molecule has 0 heterocycles. The number of nitrogens with one attached hydrogen (secondary N) is 1. The number of unbranched alkanes of at least 4 members (excludes halogenated alkanes) is 28. The van der Waals surface area contributed by atoms with Gasteiger partial charge in [0.25, 0.3) is 0 Å². The number of aliphatic hydroxyl groups excluding tert-OH is 1. The maximum Gasteiger partial charge on any atom is 0.472 e. The van der Waals surface area contributed by atoms with Crippen molar-refractivity contribution in [1.29, 1.82) is 0 Å². The predicted molar refractivity (Wildman–Crippen MR) is 254 cm³/mol. The van der Waals surface area contributed by atoms with Gasteiger partial charge >= 0.3 is 7.82 Å². The molecule has 0 radical (unpaired) electrons. The number of nitrogens with zero attached hydrogens (tertiary/aromatic N) is 1. The summed E-state index contributed by atoms with van der Waals surface area (Å²) in [5.41, 5.74) is 0. The van der Waals surface area contributed by atoms with E-state index in [2.05, 4.69) is 43.5 Å². The summed E-state index contributed by atoms with van der Waals surface area (Å²) < 4.78 is 23.6. The third-order valence-corrected chi connectivity index (χ3v) is 12.1. The average molecular weight is 854 g/mol. The van der Waals surface area contributed by atoms with Gasteiger partial charge in [-0.2, -0.15) is 0 Å². The minimum Gasteiger partial charge on any atom is -0.387 e. The monoisotopic (exact) mass is 854 g/mol. The predicted octanol–water partition coefficient (Wildman–Crippen LogP) is 14.3. The number of likely N-dealkylation sites (N-methyl/N-ethyl adjacent to an activating group) is 1. The summed E-state index contributed by atoms with van der Waals surface area (Å²) in [6, 6.07) is -0.866. The lowest BCUT2D eigenvalue weighted by Gasteiger charge is -2.25. The summed E-state index contributed by atoms with van der Waals surface area (Å²) in [6.07, 6.45) is 52.2. The first-order chi connectivity index (χ1) is 28.5. The van der Waals surface area contributed by atoms with Gasteiger partial charge < -0.3 is 19.8 Å². The molecule has 0 aliphatic rings. The molecule has 3 N–H and O–H groups in total. The molecule has 0 aromatic carbocycles. The van der Waals surface area contributed by atoms with E-state index in [9.17, 15) is 19.4 Å². The normalized spacial score (nSPS) is 14.5. The number of allylic oxidation sites excluding steroid dienone is 5. The van der Waals surface area contributed by atoms with Crippen LogP contribution in [0, 0.1) is 0 Å². The van der Waals surface area contributed by atoms with E-state index in [1.165, 1.54) is 161 Å². The number of phosphoric ester groups is 1. The quantitative estimate of drug-likeness (QED) is 0.0244. The van der Waals surface area contributed by atoms with Crippen molar-refractivity contribution in [3.63, 3.8) is 0 Å². The molecule has 0 saturated heterocycles. The van der Waals surface area contributed by atoms with Gasteiger partial charge in [-0.05, 0) is 44.9 Å². The van der Waals surface area contributed by atoms with E-state index in [4.69, 9.17) is 9.05 Å². The van der Waals surface area contributed by atoms with Gasteiger partial charge in [-0.25, -0.2) is 4.57 Å². The van der Waals surface area contributed by atoms with Crippen molar-refractivity contribution in [1.82, 2.24) is 5.32 Å². The zero-order valence-electron chi connectivity index (χ0n) is 39.5. The molecule has 0 rings (SSSR count). The molecule has 0 fully saturated rings. The molecule has 0 aromatic heterocycles. The Labute approximate surface area is 366 Å². The van der Waals surface area contributed by atoms with E-state index in [1.807, 2.05) is 27.2 Å². The van der Waals surface area contributed by atoms with Crippen LogP contribution >= 0.6 is 7.82 Å². The summed E-state index contributed by atoms with van der Waals surface area (Å²) >= 11 is 0. The van der Waals surface area contributed by atoms with Crippen LogP contribution < -0.4 is 5.32 Å². The maximum atomic E-state index is 12.9. The molecular weight excluding hydrogens is 756 g/mol. The summed E-state index contributed by atoms with van der Waals surface area (Å²) in [6.45, 7) is 4.79. The van der Waals surface area contributed by atoms with E-state index < -0.39 is 20.0 Å². The first-order valence-corrected chi connectivity index (χ1v) is 26.4. The van der Waals surface area contributed by atoms with Crippen LogP contribution in [0.3, 0.4) is 0 Å². The van der Waals surface area contributed by atoms with Crippen LogP contribution in [0.1, 0.15) is 226 Å². The Kier molecular flexibility index (Phi) is 41.1. The van der Waals surface area contributed by atoms with Crippen LogP contribution in [0.2, 0.25) is 0 Å². The number of aliphatic hydroxyl groups is 1. The van der Waals surface area contributed by atoms with Gasteiger partial charge in [0.05, 0.1) is 39.9 Å². The third kappa shape index (κ3) is 44.6. The van der Waals surface area contributed by atoms with Crippen molar-refractivity contribution in [3.8, 4) is 0 Å². The molecular formula is C50H98N2O6P+. The van der Waals surface area contributed by atoms with Crippen molar-refractivity contribution >= 4 is 13.7 Å². The third-order valence-electron chi connectivity index (χ3n) is 11.1. The van der Waals surface area contributed by atoms with Gasteiger partial charge in [0.15, 0.2) is 0 Å². The van der Waals surface area contributed by atoms with Gasteiger partial charge in [-0.3, -0.25) is 13.8 Å².